The molecule has 1 N–H and O–H groups in total. The molecule has 0 spiro atoms. The summed E-state index contributed by atoms with van der Waals surface area (Å²) in [6.45, 7) is 4.42. The Morgan fingerprint density at radius 3 is 2.44 bits per heavy atom. The third-order valence-corrected chi connectivity index (χ3v) is 5.98. The monoisotopic (exact) mass is 474 g/mol. The van der Waals surface area contributed by atoms with Gasteiger partial charge in [0, 0.05) is 17.7 Å². The summed E-state index contributed by atoms with van der Waals surface area (Å²) >= 11 is 5.83. The molecule has 0 saturated heterocycles. The predicted octanol–water partition coefficient (Wildman–Crippen LogP) is 7.09. The molecule has 1 amide bonds. The van der Waals surface area contributed by atoms with Gasteiger partial charge in [0.1, 0.15) is 17.1 Å². The maximum absolute atomic E-state index is 13.4. The van der Waals surface area contributed by atoms with Crippen LogP contribution in [0.5, 0.6) is 0 Å². The number of aryl methyl sites for hydroxylation is 2. The second kappa shape index (κ2) is 8.80. The Morgan fingerprint density at radius 2 is 1.68 bits per heavy atom. The van der Waals surface area contributed by atoms with Crippen molar-refractivity contribution >= 4 is 28.6 Å². The fourth-order valence-corrected chi connectivity index (χ4v) is 3.78. The normalized spacial score (nSPS) is 11.2. The number of furan rings is 1. The first-order chi connectivity index (χ1) is 16.4. The number of halogens is 2. The number of aromatic nitrogens is 1. The predicted molar refractivity (Wildman–Crippen MR) is 129 cm³/mol. The molecule has 5 aromatic rings. The van der Waals surface area contributed by atoms with Gasteiger partial charge in [0.2, 0.25) is 5.89 Å². The maximum atomic E-state index is 13.4. The Bertz CT molecular complexity index is 1480. The van der Waals surface area contributed by atoms with Crippen molar-refractivity contribution in [3.63, 3.8) is 0 Å². The molecule has 5 nitrogen and oxygen atoms in total. The van der Waals surface area contributed by atoms with Crippen molar-refractivity contribution in [2.45, 2.75) is 20.4 Å². The van der Waals surface area contributed by atoms with Gasteiger partial charge in [0.15, 0.2) is 11.3 Å². The van der Waals surface area contributed by atoms with Crippen LogP contribution in [-0.2, 0) is 6.54 Å². The molecule has 5 rings (SSSR count). The van der Waals surface area contributed by atoms with E-state index in [1.165, 1.54) is 17.7 Å². The zero-order chi connectivity index (χ0) is 23.8. The molecule has 0 fully saturated rings. The average Bonchev–Trinajstić information content (AvgIpc) is 3.48. The molecule has 3 aromatic carbocycles. The van der Waals surface area contributed by atoms with Gasteiger partial charge in [-0.05, 0) is 85.1 Å². The number of oxazole rings is 1. The van der Waals surface area contributed by atoms with Crippen molar-refractivity contribution in [2.75, 3.05) is 0 Å². The van der Waals surface area contributed by atoms with E-state index in [1.807, 2.05) is 50.2 Å². The summed E-state index contributed by atoms with van der Waals surface area (Å²) in [5, 5.41) is 2.83. The highest BCUT2D eigenvalue weighted by Crippen LogP contribution is 2.28. The topological polar surface area (TPSA) is 68.3 Å². The number of nitrogens with zero attached hydrogens (tertiary/aromatic N) is 1. The van der Waals surface area contributed by atoms with Crippen LogP contribution < -0.4 is 5.32 Å². The van der Waals surface area contributed by atoms with E-state index in [1.54, 1.807) is 18.2 Å². The number of hydrogen-bond donors (Lipinski definition) is 1. The summed E-state index contributed by atoms with van der Waals surface area (Å²) in [5.74, 6) is 0.277. The fraction of sp³-hybridized carbons (Fsp3) is 0.111. The largest absolute Gasteiger partial charge is 0.451 e. The van der Waals surface area contributed by atoms with E-state index in [0.717, 1.165) is 27.8 Å². The van der Waals surface area contributed by atoms with E-state index < -0.39 is 5.82 Å². The van der Waals surface area contributed by atoms with Crippen molar-refractivity contribution in [3.8, 4) is 22.8 Å². The lowest BCUT2D eigenvalue weighted by atomic mass is 10.1. The summed E-state index contributed by atoms with van der Waals surface area (Å²) in [6.07, 6.45) is 0. The summed E-state index contributed by atoms with van der Waals surface area (Å²) in [5.41, 5.74) is 6.28. The molecular formula is C27H20ClFN2O3. The van der Waals surface area contributed by atoms with E-state index in [4.69, 9.17) is 20.4 Å². The smallest absolute Gasteiger partial charge is 0.287 e. The minimum atomic E-state index is -0.512. The molecule has 0 atom stereocenters. The molecule has 0 aliphatic carbocycles. The zero-order valence-electron chi connectivity index (χ0n) is 18.5. The number of nitrogens with one attached hydrogen (secondary N) is 1. The first kappa shape index (κ1) is 21.9. The Hall–Kier alpha value is -3.90. The number of hydrogen-bond acceptors (Lipinski definition) is 4. The van der Waals surface area contributed by atoms with E-state index in [9.17, 15) is 9.18 Å². The average molecular weight is 475 g/mol. The van der Waals surface area contributed by atoms with Gasteiger partial charge >= 0.3 is 0 Å². The van der Waals surface area contributed by atoms with Crippen LogP contribution in [0.4, 0.5) is 4.39 Å². The van der Waals surface area contributed by atoms with E-state index in [-0.39, 0.29) is 16.7 Å². The second-order valence-electron chi connectivity index (χ2n) is 8.10. The van der Waals surface area contributed by atoms with Crippen LogP contribution in [0, 0.1) is 19.7 Å². The van der Waals surface area contributed by atoms with Crippen molar-refractivity contribution in [1.82, 2.24) is 10.3 Å². The van der Waals surface area contributed by atoms with Gasteiger partial charge in [-0.25, -0.2) is 9.37 Å². The summed E-state index contributed by atoms with van der Waals surface area (Å²) in [4.78, 5) is 17.1. The minimum Gasteiger partial charge on any atom is -0.451 e. The van der Waals surface area contributed by atoms with Crippen LogP contribution in [0.3, 0.4) is 0 Å². The molecule has 7 heteroatoms. The number of amides is 1. The first-order valence-corrected chi connectivity index (χ1v) is 11.1. The van der Waals surface area contributed by atoms with Crippen LogP contribution >= 0.6 is 11.6 Å². The van der Waals surface area contributed by atoms with Crippen LogP contribution in [-0.4, -0.2) is 10.9 Å². The van der Waals surface area contributed by atoms with Gasteiger partial charge in [-0.3, -0.25) is 4.79 Å². The number of benzene rings is 3. The Labute approximate surface area is 200 Å². The number of carbonyl (C=O) groups excluding carboxylic acids is 1. The molecule has 2 heterocycles. The second-order valence-corrected chi connectivity index (χ2v) is 8.50. The van der Waals surface area contributed by atoms with Gasteiger partial charge in [-0.15, -0.1) is 0 Å². The third-order valence-electron chi connectivity index (χ3n) is 5.69. The van der Waals surface area contributed by atoms with Gasteiger partial charge in [0.05, 0.1) is 5.02 Å². The Kier molecular flexibility index (Phi) is 5.67. The molecule has 0 radical (unpaired) electrons. The lowest BCUT2D eigenvalue weighted by molar-refractivity contribution is 0.0924. The van der Waals surface area contributed by atoms with Crippen LogP contribution in [0.15, 0.2) is 75.6 Å². The Morgan fingerprint density at radius 1 is 0.941 bits per heavy atom. The standard InChI is InChI=1S/C27H20ClFN2O3/c1-15-11-22-25(12-16(15)2)34-27(31-22)18-5-3-17(4-6-18)14-30-26(32)24-10-9-23(33-24)19-7-8-21(29)20(28)13-19/h3-13H,14H2,1-2H3,(H,30,32). The number of rotatable bonds is 5. The quantitative estimate of drug-likeness (QED) is 0.295. The summed E-state index contributed by atoms with van der Waals surface area (Å²) in [6, 6.07) is 19.1. The van der Waals surface area contributed by atoms with Crippen molar-refractivity contribution in [3.05, 3.63) is 100 Å². The lowest BCUT2D eigenvalue weighted by Crippen LogP contribution is -2.22. The van der Waals surface area contributed by atoms with Crippen molar-refractivity contribution in [2.24, 2.45) is 0 Å². The number of fused-ring (bicyclic) bond motifs is 1. The van der Waals surface area contributed by atoms with Gasteiger partial charge in [0.25, 0.3) is 5.91 Å². The SMILES string of the molecule is Cc1cc2nc(-c3ccc(CNC(=O)c4ccc(-c5ccc(F)c(Cl)c5)o4)cc3)oc2cc1C. The molecular weight excluding hydrogens is 455 g/mol. The van der Waals surface area contributed by atoms with Crippen LogP contribution in [0.1, 0.15) is 27.2 Å². The molecule has 170 valence electrons. The lowest BCUT2D eigenvalue weighted by Gasteiger charge is -2.04. The van der Waals surface area contributed by atoms with Gasteiger partial charge in [-0.1, -0.05) is 23.7 Å². The van der Waals surface area contributed by atoms with Crippen LogP contribution in [0.25, 0.3) is 33.9 Å². The van der Waals surface area contributed by atoms with Crippen molar-refractivity contribution < 1.29 is 18.0 Å². The molecule has 0 unspecified atom stereocenters. The molecule has 2 aromatic heterocycles. The van der Waals surface area contributed by atoms with Gasteiger partial charge < -0.3 is 14.2 Å². The van der Waals surface area contributed by atoms with Gasteiger partial charge in [-0.2, -0.15) is 0 Å². The highest BCUT2D eigenvalue weighted by atomic mass is 35.5. The summed E-state index contributed by atoms with van der Waals surface area (Å²) < 4.78 is 24.9. The molecule has 0 aliphatic rings. The minimum absolute atomic E-state index is 0.00794. The van der Waals surface area contributed by atoms with Crippen molar-refractivity contribution in [1.29, 1.82) is 0 Å². The maximum Gasteiger partial charge on any atom is 0.287 e. The van der Waals surface area contributed by atoms with E-state index >= 15 is 0 Å². The highest BCUT2D eigenvalue weighted by Gasteiger charge is 2.14. The number of carbonyl (C=O) groups is 1. The molecule has 0 bridgehead atoms. The van der Waals surface area contributed by atoms with Crippen LogP contribution in [0.2, 0.25) is 5.02 Å². The summed E-state index contributed by atoms with van der Waals surface area (Å²) in [7, 11) is 0. The zero-order valence-corrected chi connectivity index (χ0v) is 19.2. The van der Waals surface area contributed by atoms with E-state index in [0.29, 0.717) is 23.8 Å². The fourth-order valence-electron chi connectivity index (χ4n) is 3.60. The molecule has 0 saturated carbocycles. The Balaban J connectivity index is 1.25. The molecule has 34 heavy (non-hydrogen) atoms. The molecule has 0 aliphatic heterocycles. The third kappa shape index (κ3) is 4.32. The first-order valence-electron chi connectivity index (χ1n) is 10.7. The highest BCUT2D eigenvalue weighted by molar-refractivity contribution is 6.31. The van der Waals surface area contributed by atoms with E-state index in [2.05, 4.69) is 10.3 Å².